The fraction of sp³-hybridized carbons (Fsp3) is 0.438. The summed E-state index contributed by atoms with van der Waals surface area (Å²) in [6.45, 7) is 0.969. The SMILES string of the molecule is CN1CC2(Oc3nc(-c4cnn(C)c4)cn4nccc34)CC1C2. The van der Waals surface area contributed by atoms with Gasteiger partial charge in [0.15, 0.2) is 0 Å². The summed E-state index contributed by atoms with van der Waals surface area (Å²) in [5.41, 5.74) is 2.61. The Morgan fingerprint density at radius 3 is 2.78 bits per heavy atom. The third-order valence-electron chi connectivity index (χ3n) is 5.05. The largest absolute Gasteiger partial charge is 0.468 e. The molecular formula is C16H18N6O. The summed E-state index contributed by atoms with van der Waals surface area (Å²) in [7, 11) is 4.06. The second kappa shape index (κ2) is 4.32. The average molecular weight is 310 g/mol. The molecule has 3 aromatic heterocycles. The highest BCUT2D eigenvalue weighted by Crippen LogP contribution is 2.46. The van der Waals surface area contributed by atoms with Gasteiger partial charge in [0, 0.05) is 44.2 Å². The summed E-state index contributed by atoms with van der Waals surface area (Å²) in [5.74, 6) is 0.664. The van der Waals surface area contributed by atoms with Crippen molar-refractivity contribution in [2.75, 3.05) is 13.6 Å². The lowest BCUT2D eigenvalue weighted by Gasteiger charge is -2.37. The lowest BCUT2D eigenvalue weighted by Crippen LogP contribution is -2.45. The fourth-order valence-corrected chi connectivity index (χ4v) is 3.81. The van der Waals surface area contributed by atoms with Crippen LogP contribution >= 0.6 is 0 Å². The smallest absolute Gasteiger partial charge is 0.241 e. The molecule has 118 valence electrons. The molecule has 0 aromatic carbocycles. The van der Waals surface area contributed by atoms with Gasteiger partial charge in [-0.2, -0.15) is 10.2 Å². The summed E-state index contributed by atoms with van der Waals surface area (Å²) in [4.78, 5) is 7.13. The molecule has 0 N–H and O–H groups in total. The number of fused-ring (bicyclic) bond motifs is 2. The number of nitrogens with zero attached hydrogens (tertiary/aromatic N) is 6. The van der Waals surface area contributed by atoms with Crippen LogP contribution < -0.4 is 4.74 Å². The maximum Gasteiger partial charge on any atom is 0.241 e. The van der Waals surface area contributed by atoms with Gasteiger partial charge < -0.3 is 4.74 Å². The van der Waals surface area contributed by atoms with E-state index in [-0.39, 0.29) is 5.60 Å². The van der Waals surface area contributed by atoms with E-state index in [2.05, 4.69) is 22.1 Å². The first-order chi connectivity index (χ1) is 11.1. The van der Waals surface area contributed by atoms with E-state index in [0.717, 1.165) is 36.2 Å². The van der Waals surface area contributed by atoms with Gasteiger partial charge in [0.2, 0.25) is 5.88 Å². The zero-order valence-electron chi connectivity index (χ0n) is 13.2. The molecule has 2 bridgehead atoms. The third kappa shape index (κ3) is 1.89. The van der Waals surface area contributed by atoms with E-state index in [1.165, 1.54) is 0 Å². The molecular weight excluding hydrogens is 292 g/mol. The van der Waals surface area contributed by atoms with Gasteiger partial charge in [0.05, 0.1) is 24.3 Å². The van der Waals surface area contributed by atoms with Gasteiger partial charge in [-0.15, -0.1) is 0 Å². The Bertz CT molecular complexity index is 891. The van der Waals surface area contributed by atoms with Crippen LogP contribution in [0.3, 0.4) is 0 Å². The molecule has 2 saturated heterocycles. The molecule has 7 heteroatoms. The first kappa shape index (κ1) is 13.1. The highest BCUT2D eigenvalue weighted by molar-refractivity contribution is 5.63. The molecule has 0 spiro atoms. The van der Waals surface area contributed by atoms with Crippen molar-refractivity contribution in [3.8, 4) is 17.1 Å². The Morgan fingerprint density at radius 2 is 2.09 bits per heavy atom. The number of rotatable bonds is 3. The normalized spacial score (nSPS) is 26.6. The van der Waals surface area contributed by atoms with E-state index in [1.54, 1.807) is 10.9 Å². The van der Waals surface area contributed by atoms with E-state index in [0.29, 0.717) is 11.9 Å². The maximum atomic E-state index is 6.40. The highest BCUT2D eigenvalue weighted by Gasteiger charge is 2.56. The van der Waals surface area contributed by atoms with E-state index in [1.807, 2.05) is 36.2 Å². The second-order valence-corrected chi connectivity index (χ2v) is 6.76. The first-order valence-corrected chi connectivity index (χ1v) is 7.85. The van der Waals surface area contributed by atoms with Crippen LogP contribution in [0.15, 0.2) is 30.9 Å². The Balaban J connectivity index is 1.58. The molecule has 0 radical (unpaired) electrons. The maximum absolute atomic E-state index is 6.40. The zero-order valence-corrected chi connectivity index (χ0v) is 13.2. The Labute approximate surface area is 133 Å². The minimum absolute atomic E-state index is 0.0786. The van der Waals surface area contributed by atoms with Crippen molar-refractivity contribution < 1.29 is 4.74 Å². The summed E-state index contributed by atoms with van der Waals surface area (Å²) in [5, 5.41) is 8.58. The van der Waals surface area contributed by atoms with Gasteiger partial charge in [-0.1, -0.05) is 0 Å². The van der Waals surface area contributed by atoms with Crippen LogP contribution in [0.25, 0.3) is 16.8 Å². The molecule has 0 amide bonds. The number of ether oxygens (including phenoxy) is 1. The minimum atomic E-state index is -0.0786. The van der Waals surface area contributed by atoms with Crippen LogP contribution in [0.1, 0.15) is 12.8 Å². The Morgan fingerprint density at radius 1 is 1.22 bits per heavy atom. The van der Waals surface area contributed by atoms with Crippen molar-refractivity contribution >= 4 is 5.52 Å². The van der Waals surface area contributed by atoms with Gasteiger partial charge in [0.25, 0.3) is 0 Å². The van der Waals surface area contributed by atoms with Crippen molar-refractivity contribution in [1.82, 2.24) is 29.3 Å². The number of hydrogen-bond donors (Lipinski definition) is 0. The highest BCUT2D eigenvalue weighted by atomic mass is 16.5. The van der Waals surface area contributed by atoms with E-state index >= 15 is 0 Å². The van der Waals surface area contributed by atoms with E-state index in [9.17, 15) is 0 Å². The molecule has 5 heterocycles. The van der Waals surface area contributed by atoms with Crippen LogP contribution in [-0.4, -0.2) is 54.5 Å². The first-order valence-electron chi connectivity index (χ1n) is 7.85. The molecule has 1 saturated carbocycles. The Kier molecular flexibility index (Phi) is 2.45. The number of aryl methyl sites for hydroxylation is 1. The van der Waals surface area contributed by atoms with Crippen molar-refractivity contribution in [2.45, 2.75) is 24.5 Å². The second-order valence-electron chi connectivity index (χ2n) is 6.76. The van der Waals surface area contributed by atoms with Crippen molar-refractivity contribution in [3.05, 3.63) is 30.9 Å². The minimum Gasteiger partial charge on any atom is -0.468 e. The van der Waals surface area contributed by atoms with Crippen LogP contribution in [0.5, 0.6) is 5.88 Å². The summed E-state index contributed by atoms with van der Waals surface area (Å²) < 4.78 is 10.00. The van der Waals surface area contributed by atoms with Crippen molar-refractivity contribution in [2.24, 2.45) is 7.05 Å². The van der Waals surface area contributed by atoms with Crippen LogP contribution in [0.4, 0.5) is 0 Å². The number of hydrogen-bond acceptors (Lipinski definition) is 5. The van der Waals surface area contributed by atoms with Crippen LogP contribution in [0.2, 0.25) is 0 Å². The fourth-order valence-electron chi connectivity index (χ4n) is 3.81. The lowest BCUT2D eigenvalue weighted by atomic mass is 9.81. The predicted molar refractivity (Wildman–Crippen MR) is 84.2 cm³/mol. The van der Waals surface area contributed by atoms with Gasteiger partial charge in [-0.3, -0.25) is 9.58 Å². The van der Waals surface area contributed by atoms with Gasteiger partial charge >= 0.3 is 0 Å². The lowest BCUT2D eigenvalue weighted by molar-refractivity contribution is 0.0301. The molecule has 1 aliphatic carbocycles. The quantitative estimate of drug-likeness (QED) is 0.731. The van der Waals surface area contributed by atoms with Crippen molar-refractivity contribution in [3.63, 3.8) is 0 Å². The molecule has 2 aliphatic heterocycles. The number of likely N-dealkylation sites (N-methyl/N-ethyl adjacent to an activating group) is 1. The summed E-state index contributed by atoms with van der Waals surface area (Å²) in [6, 6.07) is 2.61. The number of aromatic nitrogens is 5. The van der Waals surface area contributed by atoms with E-state index < -0.39 is 0 Å². The topological polar surface area (TPSA) is 60.5 Å². The third-order valence-corrected chi connectivity index (χ3v) is 5.05. The molecule has 3 aromatic rings. The predicted octanol–water partition coefficient (Wildman–Crippen LogP) is 1.36. The monoisotopic (exact) mass is 310 g/mol. The molecule has 7 nitrogen and oxygen atoms in total. The average Bonchev–Trinajstić information content (AvgIpc) is 3.21. The van der Waals surface area contributed by atoms with Gasteiger partial charge in [-0.25, -0.2) is 9.50 Å². The standard InChI is InChI=1S/C16H18N6O/c1-20-10-16(5-12(20)6-16)23-15-14-3-4-17-22(14)9-13(19-15)11-7-18-21(2)8-11/h3-4,7-9,12H,5-6,10H2,1-2H3. The van der Waals surface area contributed by atoms with Crippen LogP contribution in [0, 0.1) is 0 Å². The summed E-state index contributed by atoms with van der Waals surface area (Å²) >= 11 is 0. The van der Waals surface area contributed by atoms with Crippen LogP contribution in [-0.2, 0) is 7.05 Å². The molecule has 0 unspecified atom stereocenters. The zero-order chi connectivity index (χ0) is 15.6. The molecule has 0 atom stereocenters. The van der Waals surface area contributed by atoms with Gasteiger partial charge in [0.1, 0.15) is 11.1 Å². The molecule has 3 fully saturated rings. The van der Waals surface area contributed by atoms with Crippen molar-refractivity contribution in [1.29, 1.82) is 0 Å². The Hall–Kier alpha value is -2.41. The molecule has 3 aliphatic rings. The molecule has 6 rings (SSSR count). The van der Waals surface area contributed by atoms with E-state index in [4.69, 9.17) is 9.72 Å². The summed E-state index contributed by atoms with van der Waals surface area (Å²) in [6.07, 6.45) is 9.62. The van der Waals surface area contributed by atoms with Gasteiger partial charge in [-0.05, 0) is 13.1 Å². The molecule has 23 heavy (non-hydrogen) atoms.